The normalized spacial score (nSPS) is 22.6. The Labute approximate surface area is 121 Å². The van der Waals surface area contributed by atoms with Crippen LogP contribution < -0.4 is 0 Å². The van der Waals surface area contributed by atoms with Crippen LogP contribution in [0, 0.1) is 11.8 Å². The van der Waals surface area contributed by atoms with E-state index in [9.17, 15) is 9.59 Å². The van der Waals surface area contributed by atoms with Gasteiger partial charge in [0, 0.05) is 0 Å². The van der Waals surface area contributed by atoms with Gasteiger partial charge in [0.05, 0.1) is 11.8 Å². The fourth-order valence-corrected chi connectivity index (χ4v) is 3.25. The maximum Gasteiger partial charge on any atom is 0.358 e. The van der Waals surface area contributed by atoms with Crippen LogP contribution in [-0.2, 0) is 19.4 Å². The van der Waals surface area contributed by atoms with Crippen molar-refractivity contribution in [2.24, 2.45) is 11.8 Å². The van der Waals surface area contributed by atoms with Crippen molar-refractivity contribution in [1.82, 2.24) is 0 Å². The number of hydrogen-bond donors (Lipinski definition) is 0. The van der Waals surface area contributed by atoms with E-state index in [1.807, 2.05) is 0 Å². The van der Waals surface area contributed by atoms with E-state index in [-0.39, 0.29) is 23.8 Å². The van der Waals surface area contributed by atoms with E-state index >= 15 is 0 Å². The molecule has 114 valence electrons. The number of carbonyl (C=O) groups is 2. The fraction of sp³-hybridized carbons (Fsp3) is 0.875. The third-order valence-corrected chi connectivity index (χ3v) is 4.58. The summed E-state index contributed by atoms with van der Waals surface area (Å²) in [7, 11) is 0. The van der Waals surface area contributed by atoms with Crippen LogP contribution in [0.15, 0.2) is 0 Å². The van der Waals surface area contributed by atoms with Crippen molar-refractivity contribution in [3.63, 3.8) is 0 Å². The van der Waals surface area contributed by atoms with Crippen molar-refractivity contribution in [3.05, 3.63) is 0 Å². The van der Waals surface area contributed by atoms with Gasteiger partial charge in [0.1, 0.15) is 0 Å². The molecule has 0 saturated heterocycles. The minimum absolute atomic E-state index is 0.0839. The van der Waals surface area contributed by atoms with Crippen LogP contribution in [-0.4, -0.2) is 11.9 Å². The lowest BCUT2D eigenvalue weighted by atomic mass is 10.0. The molecule has 0 N–H and O–H groups in total. The predicted molar refractivity (Wildman–Crippen MR) is 74.6 cm³/mol. The van der Waals surface area contributed by atoms with Gasteiger partial charge in [-0.3, -0.25) is 0 Å². The number of carbonyl (C=O) groups excluding carboxylic acids is 2. The molecule has 4 nitrogen and oxygen atoms in total. The second-order valence-electron chi connectivity index (χ2n) is 6.18. The third-order valence-electron chi connectivity index (χ3n) is 4.58. The molecule has 2 fully saturated rings. The first-order valence-corrected chi connectivity index (χ1v) is 8.19. The van der Waals surface area contributed by atoms with E-state index in [1.54, 1.807) is 0 Å². The third kappa shape index (κ3) is 4.80. The molecule has 2 saturated carbocycles. The van der Waals surface area contributed by atoms with Crippen molar-refractivity contribution < 1.29 is 19.4 Å². The number of hydrogen-bond acceptors (Lipinski definition) is 4. The molecule has 0 unspecified atom stereocenters. The maximum absolute atomic E-state index is 11.9. The molecule has 2 rings (SSSR count). The van der Waals surface area contributed by atoms with Crippen LogP contribution in [0.2, 0.25) is 0 Å². The molecular formula is C16H26O4. The van der Waals surface area contributed by atoms with Crippen molar-refractivity contribution in [2.75, 3.05) is 0 Å². The van der Waals surface area contributed by atoms with Crippen LogP contribution in [0.5, 0.6) is 0 Å². The van der Waals surface area contributed by atoms with E-state index in [0.717, 1.165) is 51.4 Å². The molecule has 2 aliphatic rings. The molecule has 0 heterocycles. The van der Waals surface area contributed by atoms with Crippen LogP contribution in [0.1, 0.15) is 77.0 Å². The minimum Gasteiger partial charge on any atom is -0.247 e. The van der Waals surface area contributed by atoms with Crippen molar-refractivity contribution in [3.8, 4) is 0 Å². The smallest absolute Gasteiger partial charge is 0.247 e. The Morgan fingerprint density at radius 2 is 0.850 bits per heavy atom. The minimum atomic E-state index is -0.353. The molecule has 0 aliphatic heterocycles. The van der Waals surface area contributed by atoms with E-state index in [0.29, 0.717) is 0 Å². The van der Waals surface area contributed by atoms with Crippen LogP contribution >= 0.6 is 0 Å². The maximum atomic E-state index is 11.9. The summed E-state index contributed by atoms with van der Waals surface area (Å²) in [5.41, 5.74) is 0. The molecule has 0 atom stereocenters. The summed E-state index contributed by atoms with van der Waals surface area (Å²) < 4.78 is 0. The van der Waals surface area contributed by atoms with Gasteiger partial charge < -0.3 is 0 Å². The average Bonchev–Trinajstić information content (AvgIpc) is 2.88. The summed E-state index contributed by atoms with van der Waals surface area (Å²) in [4.78, 5) is 33.4. The van der Waals surface area contributed by atoms with E-state index in [1.165, 1.54) is 25.7 Å². The summed E-state index contributed by atoms with van der Waals surface area (Å²) in [5, 5.41) is 0. The molecule has 0 aromatic heterocycles. The van der Waals surface area contributed by atoms with E-state index < -0.39 is 0 Å². The summed E-state index contributed by atoms with van der Waals surface area (Å²) in [6.07, 6.45) is 12.5. The van der Waals surface area contributed by atoms with E-state index in [4.69, 9.17) is 9.78 Å². The molecule has 0 bridgehead atoms. The summed E-state index contributed by atoms with van der Waals surface area (Å²) in [6, 6.07) is 0. The highest BCUT2D eigenvalue weighted by atomic mass is 17.2. The zero-order valence-electron chi connectivity index (χ0n) is 12.3. The first kappa shape index (κ1) is 15.3. The zero-order valence-corrected chi connectivity index (χ0v) is 12.3. The second-order valence-corrected chi connectivity index (χ2v) is 6.18. The van der Waals surface area contributed by atoms with Gasteiger partial charge >= 0.3 is 11.9 Å². The summed E-state index contributed by atoms with van der Waals surface area (Å²) >= 11 is 0. The predicted octanol–water partition coefficient (Wildman–Crippen LogP) is 3.93. The SMILES string of the molecule is O=C(OOC(=O)C1CCCCCC1)C1CCCCCC1. The lowest BCUT2D eigenvalue weighted by Crippen LogP contribution is -2.23. The standard InChI is InChI=1S/C16H26O4/c17-15(13-9-5-1-2-6-10-13)19-20-16(18)14-11-7-3-4-8-12-14/h13-14H,1-12H2. The van der Waals surface area contributed by atoms with Crippen molar-refractivity contribution in [2.45, 2.75) is 77.0 Å². The van der Waals surface area contributed by atoms with Gasteiger partial charge in [-0.25, -0.2) is 19.4 Å². The Balaban J connectivity index is 1.72. The van der Waals surface area contributed by atoms with Crippen molar-refractivity contribution in [1.29, 1.82) is 0 Å². The first-order valence-electron chi connectivity index (χ1n) is 8.19. The molecule has 0 aromatic carbocycles. The van der Waals surface area contributed by atoms with Gasteiger partial charge in [0.25, 0.3) is 0 Å². The average molecular weight is 282 g/mol. The molecule has 0 radical (unpaired) electrons. The largest absolute Gasteiger partial charge is 0.358 e. The van der Waals surface area contributed by atoms with Gasteiger partial charge in [0.15, 0.2) is 0 Å². The molecule has 0 amide bonds. The molecule has 2 aliphatic carbocycles. The highest BCUT2D eigenvalue weighted by Gasteiger charge is 2.27. The zero-order chi connectivity index (χ0) is 14.2. The Kier molecular flexibility index (Phi) is 6.34. The number of rotatable bonds is 2. The Hall–Kier alpha value is -1.06. The summed E-state index contributed by atoms with van der Waals surface area (Å²) in [6.45, 7) is 0. The quantitative estimate of drug-likeness (QED) is 0.437. The Morgan fingerprint density at radius 3 is 1.15 bits per heavy atom. The second kappa shape index (κ2) is 8.28. The van der Waals surface area contributed by atoms with Gasteiger partial charge in [-0.05, 0) is 25.7 Å². The fourth-order valence-electron chi connectivity index (χ4n) is 3.25. The van der Waals surface area contributed by atoms with Gasteiger partial charge in [-0.2, -0.15) is 0 Å². The first-order chi connectivity index (χ1) is 9.77. The molecular weight excluding hydrogens is 256 g/mol. The Morgan fingerprint density at radius 1 is 0.550 bits per heavy atom. The van der Waals surface area contributed by atoms with Crippen LogP contribution in [0.3, 0.4) is 0 Å². The topological polar surface area (TPSA) is 52.6 Å². The molecule has 0 aromatic rings. The van der Waals surface area contributed by atoms with E-state index in [2.05, 4.69) is 0 Å². The van der Waals surface area contributed by atoms with Crippen molar-refractivity contribution >= 4 is 11.9 Å². The lowest BCUT2D eigenvalue weighted by molar-refractivity contribution is -0.265. The van der Waals surface area contributed by atoms with Gasteiger partial charge in [0.2, 0.25) is 0 Å². The van der Waals surface area contributed by atoms with Gasteiger partial charge in [-0.15, -0.1) is 0 Å². The molecule has 20 heavy (non-hydrogen) atoms. The monoisotopic (exact) mass is 282 g/mol. The highest BCUT2D eigenvalue weighted by molar-refractivity contribution is 5.75. The summed E-state index contributed by atoms with van der Waals surface area (Å²) in [5.74, 6) is -0.874. The molecule has 0 spiro atoms. The van der Waals surface area contributed by atoms with Gasteiger partial charge in [-0.1, -0.05) is 51.4 Å². The van der Waals surface area contributed by atoms with Crippen LogP contribution in [0.4, 0.5) is 0 Å². The highest BCUT2D eigenvalue weighted by Crippen LogP contribution is 2.26. The van der Waals surface area contributed by atoms with Crippen LogP contribution in [0.25, 0.3) is 0 Å². The molecule has 4 heteroatoms. The Bertz CT molecular complexity index is 278. The lowest BCUT2D eigenvalue weighted by Gasteiger charge is -2.14.